The van der Waals surface area contributed by atoms with E-state index in [2.05, 4.69) is 10.3 Å². The maximum atomic E-state index is 11.9. The minimum atomic E-state index is -2.61. The van der Waals surface area contributed by atoms with Crippen molar-refractivity contribution in [2.45, 2.75) is 33.2 Å². The lowest BCUT2D eigenvalue weighted by Crippen LogP contribution is -2.46. The number of rotatable bonds is 11. The Kier molecular flexibility index (Phi) is 8.91. The summed E-state index contributed by atoms with van der Waals surface area (Å²) in [7, 11) is -2.61. The number of amides is 1. The number of hydrogen-bond acceptors (Lipinski definition) is 5. The van der Waals surface area contributed by atoms with E-state index in [0.29, 0.717) is 38.0 Å². The highest BCUT2D eigenvalue weighted by Crippen LogP contribution is 2.17. The van der Waals surface area contributed by atoms with Crippen molar-refractivity contribution in [3.8, 4) is 0 Å². The molecule has 0 aliphatic carbocycles. The van der Waals surface area contributed by atoms with Gasteiger partial charge in [0.25, 0.3) is 5.91 Å². The summed E-state index contributed by atoms with van der Waals surface area (Å²) in [6, 6.07) is 4.17. The molecule has 1 heterocycles. The normalized spacial score (nSPS) is 11.4. The van der Waals surface area contributed by atoms with Crippen LogP contribution in [0.2, 0.25) is 6.04 Å². The van der Waals surface area contributed by atoms with Gasteiger partial charge < -0.3 is 18.6 Å². The van der Waals surface area contributed by atoms with Gasteiger partial charge in [0.2, 0.25) is 0 Å². The fraction of sp³-hybridized carbons (Fsp3) is 0.600. The molecule has 1 aromatic heterocycles. The van der Waals surface area contributed by atoms with Crippen LogP contribution in [0.15, 0.2) is 24.5 Å². The van der Waals surface area contributed by atoms with Gasteiger partial charge in [-0.2, -0.15) is 0 Å². The topological polar surface area (TPSA) is 69.7 Å². The molecule has 0 unspecified atom stereocenters. The number of hydrogen-bond donors (Lipinski definition) is 1. The van der Waals surface area contributed by atoms with Gasteiger partial charge in [0.1, 0.15) is 0 Å². The van der Waals surface area contributed by atoms with Crippen molar-refractivity contribution in [2.75, 3.05) is 26.4 Å². The molecule has 0 aliphatic heterocycles. The van der Waals surface area contributed by atoms with Crippen LogP contribution < -0.4 is 5.32 Å². The molecule has 124 valence electrons. The SMILES string of the molecule is CCO[Si](CCCNC(=O)c1cccnc1)(OCC)OCC. The Hall–Kier alpha value is -1.28. The van der Waals surface area contributed by atoms with Crippen LogP contribution in [-0.4, -0.2) is 46.1 Å². The second kappa shape index (κ2) is 10.4. The van der Waals surface area contributed by atoms with Crippen LogP contribution in [0.1, 0.15) is 37.6 Å². The summed E-state index contributed by atoms with van der Waals surface area (Å²) in [5, 5.41) is 2.87. The molecule has 0 fully saturated rings. The first-order valence-electron chi connectivity index (χ1n) is 7.77. The maximum Gasteiger partial charge on any atom is 0.500 e. The Balaban J connectivity index is 2.43. The van der Waals surface area contributed by atoms with Crippen molar-refractivity contribution in [1.82, 2.24) is 10.3 Å². The Morgan fingerprint density at radius 1 is 1.18 bits per heavy atom. The van der Waals surface area contributed by atoms with Crippen molar-refractivity contribution < 1.29 is 18.1 Å². The lowest BCUT2D eigenvalue weighted by Gasteiger charge is -2.28. The monoisotopic (exact) mass is 326 g/mol. The first kappa shape index (κ1) is 18.8. The molecule has 1 aromatic rings. The predicted molar refractivity (Wildman–Crippen MR) is 86.6 cm³/mol. The lowest BCUT2D eigenvalue weighted by atomic mass is 10.2. The van der Waals surface area contributed by atoms with E-state index in [0.717, 1.165) is 6.42 Å². The third-order valence-electron chi connectivity index (χ3n) is 2.96. The number of carbonyl (C=O) groups is 1. The van der Waals surface area contributed by atoms with E-state index in [1.807, 2.05) is 20.8 Å². The van der Waals surface area contributed by atoms with Crippen molar-refractivity contribution in [2.24, 2.45) is 0 Å². The van der Waals surface area contributed by atoms with Crippen LogP contribution in [-0.2, 0) is 13.3 Å². The minimum absolute atomic E-state index is 0.121. The van der Waals surface area contributed by atoms with Crippen LogP contribution >= 0.6 is 0 Å². The Morgan fingerprint density at radius 2 is 1.82 bits per heavy atom. The standard InChI is InChI=1S/C15H26N2O4Si/c1-4-19-22(20-5-2,21-6-3)12-8-11-17-15(18)14-9-7-10-16-13-14/h7,9-10,13H,4-6,8,11-12H2,1-3H3,(H,17,18). The van der Waals surface area contributed by atoms with Crippen LogP contribution in [0.4, 0.5) is 0 Å². The molecule has 0 aliphatic rings. The van der Waals surface area contributed by atoms with Crippen LogP contribution in [0.5, 0.6) is 0 Å². The summed E-state index contributed by atoms with van der Waals surface area (Å²) >= 11 is 0. The lowest BCUT2D eigenvalue weighted by molar-refractivity contribution is 0.0705. The molecular formula is C15H26N2O4Si. The highest BCUT2D eigenvalue weighted by atomic mass is 28.4. The second-order valence-electron chi connectivity index (χ2n) is 4.58. The molecule has 0 saturated carbocycles. The number of aromatic nitrogens is 1. The summed E-state index contributed by atoms with van der Waals surface area (Å²) < 4.78 is 17.3. The Labute approximate surface area is 133 Å². The molecule has 6 nitrogen and oxygen atoms in total. The molecule has 7 heteroatoms. The van der Waals surface area contributed by atoms with Gasteiger partial charge >= 0.3 is 8.80 Å². The summed E-state index contributed by atoms with van der Waals surface area (Å²) in [5.74, 6) is -0.121. The minimum Gasteiger partial charge on any atom is -0.374 e. The molecule has 1 amide bonds. The number of nitrogens with one attached hydrogen (secondary N) is 1. The second-order valence-corrected chi connectivity index (χ2v) is 7.32. The molecule has 0 bridgehead atoms. The quantitative estimate of drug-likeness (QED) is 0.499. The maximum absolute atomic E-state index is 11.9. The Morgan fingerprint density at radius 3 is 2.32 bits per heavy atom. The summed E-state index contributed by atoms with van der Waals surface area (Å²) in [6.07, 6.45) is 3.94. The van der Waals surface area contributed by atoms with Crippen LogP contribution in [0.25, 0.3) is 0 Å². The van der Waals surface area contributed by atoms with Crippen molar-refractivity contribution >= 4 is 14.7 Å². The zero-order valence-corrected chi connectivity index (χ0v) is 14.6. The molecule has 0 atom stereocenters. The molecular weight excluding hydrogens is 300 g/mol. The third kappa shape index (κ3) is 6.23. The van der Waals surface area contributed by atoms with Gasteiger partial charge in [0.15, 0.2) is 0 Å². The fourth-order valence-electron chi connectivity index (χ4n) is 2.11. The van der Waals surface area contributed by atoms with E-state index in [-0.39, 0.29) is 5.91 Å². The highest BCUT2D eigenvalue weighted by molar-refractivity contribution is 6.60. The van der Waals surface area contributed by atoms with Gasteiger partial charge in [-0.15, -0.1) is 0 Å². The molecule has 0 spiro atoms. The van der Waals surface area contributed by atoms with Crippen molar-refractivity contribution in [3.05, 3.63) is 30.1 Å². The van der Waals surface area contributed by atoms with Gasteiger partial charge in [0, 0.05) is 44.8 Å². The smallest absolute Gasteiger partial charge is 0.374 e. The molecule has 0 saturated heterocycles. The predicted octanol–water partition coefficient (Wildman–Crippen LogP) is 2.25. The van der Waals surface area contributed by atoms with E-state index >= 15 is 0 Å². The molecule has 22 heavy (non-hydrogen) atoms. The summed E-state index contributed by atoms with van der Waals surface area (Å²) in [6.45, 7) is 8.05. The van der Waals surface area contributed by atoms with Crippen molar-refractivity contribution in [3.63, 3.8) is 0 Å². The van der Waals surface area contributed by atoms with E-state index in [1.54, 1.807) is 24.5 Å². The number of carbonyl (C=O) groups excluding carboxylic acids is 1. The zero-order valence-electron chi connectivity index (χ0n) is 13.6. The van der Waals surface area contributed by atoms with E-state index in [9.17, 15) is 4.79 Å². The molecule has 0 radical (unpaired) electrons. The van der Waals surface area contributed by atoms with Gasteiger partial charge in [-0.3, -0.25) is 9.78 Å². The average Bonchev–Trinajstić information content (AvgIpc) is 2.53. The summed E-state index contributed by atoms with van der Waals surface area (Å²) in [4.78, 5) is 15.8. The number of nitrogens with zero attached hydrogens (tertiary/aromatic N) is 1. The Bertz CT molecular complexity index is 414. The van der Waals surface area contributed by atoms with Gasteiger partial charge in [0.05, 0.1) is 5.56 Å². The fourth-order valence-corrected chi connectivity index (χ4v) is 4.72. The van der Waals surface area contributed by atoms with E-state index in [1.165, 1.54) is 0 Å². The van der Waals surface area contributed by atoms with E-state index in [4.69, 9.17) is 13.3 Å². The van der Waals surface area contributed by atoms with Gasteiger partial charge in [-0.25, -0.2) is 0 Å². The number of pyridine rings is 1. The first-order valence-corrected chi connectivity index (χ1v) is 9.70. The molecule has 1 N–H and O–H groups in total. The van der Waals surface area contributed by atoms with Crippen LogP contribution in [0, 0.1) is 0 Å². The average molecular weight is 326 g/mol. The largest absolute Gasteiger partial charge is 0.500 e. The zero-order chi connectivity index (χ0) is 16.3. The van der Waals surface area contributed by atoms with Gasteiger partial charge in [-0.1, -0.05) is 0 Å². The molecule has 0 aromatic carbocycles. The van der Waals surface area contributed by atoms with Crippen LogP contribution in [0.3, 0.4) is 0 Å². The third-order valence-corrected chi connectivity index (χ3v) is 6.11. The van der Waals surface area contributed by atoms with Gasteiger partial charge in [-0.05, 0) is 39.3 Å². The summed E-state index contributed by atoms with van der Waals surface area (Å²) in [5.41, 5.74) is 0.561. The van der Waals surface area contributed by atoms with E-state index < -0.39 is 8.80 Å². The molecule has 1 rings (SSSR count). The highest BCUT2D eigenvalue weighted by Gasteiger charge is 2.39. The van der Waals surface area contributed by atoms with Crippen molar-refractivity contribution in [1.29, 1.82) is 0 Å². The first-order chi connectivity index (χ1) is 10.7.